The minimum absolute atomic E-state index is 0.000000000000000222. The van der Waals surface area contributed by atoms with Gasteiger partial charge in [0.25, 0.3) is 0 Å². The minimum Gasteiger partial charge on any atom is -0.377 e. The quantitative estimate of drug-likeness (QED) is 0.287. The van der Waals surface area contributed by atoms with Gasteiger partial charge in [-0.05, 0) is 72.0 Å². The minimum atomic E-state index is 0.000000000000000222. The standard InChI is InChI=1S/C9H5Cl3N4.3CH4N2S/c10-5-3-1-2-4-6(5)13-9-15-7(11)14-8(12)16-9;3*2-1(3)4/h1-4H,(H,13,14,15,16);3*(H4,2,3,4). The van der Waals surface area contributed by atoms with Crippen molar-refractivity contribution in [2.45, 2.75) is 0 Å². The molecule has 0 atom stereocenters. The van der Waals surface area contributed by atoms with E-state index >= 15 is 0 Å². The van der Waals surface area contributed by atoms with Crippen LogP contribution in [0, 0.1) is 0 Å². The van der Waals surface area contributed by atoms with Gasteiger partial charge in [0, 0.05) is 0 Å². The summed E-state index contributed by atoms with van der Waals surface area (Å²) in [4.78, 5) is 11.4. The van der Waals surface area contributed by atoms with Crippen LogP contribution in [-0.2, 0) is 0 Å². The molecule has 1 aromatic heterocycles. The molecule has 2 rings (SSSR count). The van der Waals surface area contributed by atoms with Crippen LogP contribution in [0.3, 0.4) is 0 Å². The van der Waals surface area contributed by atoms with Gasteiger partial charge in [-0.2, -0.15) is 15.0 Å². The summed E-state index contributed by atoms with van der Waals surface area (Å²) < 4.78 is 0. The first-order chi connectivity index (χ1) is 12.8. The Hall–Kier alpha value is -2.03. The van der Waals surface area contributed by atoms with Gasteiger partial charge in [-0.1, -0.05) is 23.7 Å². The number of anilines is 2. The summed E-state index contributed by atoms with van der Waals surface area (Å²) in [5.74, 6) is 0.248. The molecule has 0 amide bonds. The van der Waals surface area contributed by atoms with E-state index in [9.17, 15) is 0 Å². The lowest BCUT2D eigenvalue weighted by molar-refractivity contribution is 1.05. The molecule has 0 aliphatic heterocycles. The summed E-state index contributed by atoms with van der Waals surface area (Å²) in [6, 6.07) is 7.18. The average molecular weight is 504 g/mol. The molecule has 0 fully saturated rings. The second kappa shape index (κ2) is 16.0. The number of hydrogen-bond donors (Lipinski definition) is 7. The molecule has 0 saturated carbocycles. The molecule has 10 nitrogen and oxygen atoms in total. The predicted octanol–water partition coefficient (Wildman–Crippen LogP) is 1.14. The largest absolute Gasteiger partial charge is 0.377 e. The number of rotatable bonds is 2. The van der Waals surface area contributed by atoms with Gasteiger partial charge in [-0.3, -0.25) is 0 Å². The molecular weight excluding hydrogens is 487 g/mol. The van der Waals surface area contributed by atoms with E-state index in [1.165, 1.54) is 0 Å². The fourth-order valence-electron chi connectivity index (χ4n) is 1.06. The second-order valence-corrected chi connectivity index (χ2v) is 6.51. The topological polar surface area (TPSA) is 207 Å². The molecule has 0 radical (unpaired) electrons. The Labute approximate surface area is 192 Å². The highest BCUT2D eigenvalue weighted by Crippen LogP contribution is 2.23. The first-order valence-corrected chi connectivity index (χ1v) is 8.94. The van der Waals surface area contributed by atoms with Crippen LogP contribution in [0.15, 0.2) is 24.3 Å². The number of para-hydroxylation sites is 1. The molecule has 13 N–H and O–H groups in total. The third-order valence-corrected chi connectivity index (χ3v) is 2.37. The van der Waals surface area contributed by atoms with Crippen molar-refractivity contribution < 1.29 is 0 Å². The summed E-state index contributed by atoms with van der Waals surface area (Å²) >= 11 is 29.5. The molecule has 28 heavy (non-hydrogen) atoms. The molecule has 2 aromatic rings. The van der Waals surface area contributed by atoms with Gasteiger partial charge in [-0.25, -0.2) is 0 Å². The maximum atomic E-state index is 5.95. The van der Waals surface area contributed by atoms with Crippen LogP contribution < -0.4 is 39.7 Å². The molecule has 16 heteroatoms. The van der Waals surface area contributed by atoms with Crippen LogP contribution in [0.5, 0.6) is 0 Å². The van der Waals surface area contributed by atoms with Crippen molar-refractivity contribution in [3.63, 3.8) is 0 Å². The van der Waals surface area contributed by atoms with E-state index in [1.54, 1.807) is 12.1 Å². The van der Waals surface area contributed by atoms with Crippen LogP contribution in [0.25, 0.3) is 0 Å². The first-order valence-electron chi connectivity index (χ1n) is 6.58. The van der Waals surface area contributed by atoms with E-state index in [1.807, 2.05) is 12.1 Å². The van der Waals surface area contributed by atoms with Crippen LogP contribution in [0.4, 0.5) is 11.6 Å². The van der Waals surface area contributed by atoms with Gasteiger partial charge in [0.1, 0.15) is 0 Å². The number of nitrogens with two attached hydrogens (primary N) is 6. The van der Waals surface area contributed by atoms with Crippen molar-refractivity contribution in [3.8, 4) is 0 Å². The number of hydrogen-bond acceptors (Lipinski definition) is 7. The molecular formula is C12H17Cl3N10S3. The maximum Gasteiger partial charge on any atom is 0.232 e. The molecule has 0 aliphatic carbocycles. The van der Waals surface area contributed by atoms with E-state index in [2.05, 4.69) is 91.3 Å². The summed E-state index contributed by atoms with van der Waals surface area (Å²) in [6.45, 7) is 0. The number of thiocarbonyl (C=S) groups is 3. The lowest BCUT2D eigenvalue weighted by atomic mass is 10.3. The fraction of sp³-hybridized carbons (Fsp3) is 0. The van der Waals surface area contributed by atoms with Gasteiger partial charge >= 0.3 is 0 Å². The number of halogens is 3. The Bertz CT molecular complexity index is 732. The molecule has 1 heterocycles. The van der Waals surface area contributed by atoms with Crippen molar-refractivity contribution >= 4 is 98.4 Å². The molecule has 0 unspecified atom stereocenters. The summed E-state index contributed by atoms with van der Waals surface area (Å²) in [6.07, 6.45) is 0. The van der Waals surface area contributed by atoms with Gasteiger partial charge in [0.2, 0.25) is 16.5 Å². The van der Waals surface area contributed by atoms with E-state index in [0.29, 0.717) is 10.7 Å². The Morgan fingerprint density at radius 2 is 1.07 bits per heavy atom. The zero-order valence-corrected chi connectivity index (χ0v) is 18.7. The van der Waals surface area contributed by atoms with Gasteiger partial charge in [0.05, 0.1) is 10.7 Å². The lowest BCUT2D eigenvalue weighted by Gasteiger charge is -2.06. The lowest BCUT2D eigenvalue weighted by Crippen LogP contribution is -2.18. The van der Waals surface area contributed by atoms with E-state index < -0.39 is 0 Å². The van der Waals surface area contributed by atoms with E-state index in [4.69, 9.17) is 34.8 Å². The average Bonchev–Trinajstić information content (AvgIpc) is 2.47. The first kappa shape index (κ1) is 28.2. The predicted molar refractivity (Wildman–Crippen MR) is 128 cm³/mol. The normalized spacial score (nSPS) is 8.39. The van der Waals surface area contributed by atoms with Crippen LogP contribution in [-0.4, -0.2) is 30.3 Å². The van der Waals surface area contributed by atoms with Crippen LogP contribution in [0.1, 0.15) is 0 Å². The molecule has 154 valence electrons. The smallest absolute Gasteiger partial charge is 0.232 e. The highest BCUT2D eigenvalue weighted by atomic mass is 35.5. The Kier molecular flexibility index (Phi) is 16.1. The maximum absolute atomic E-state index is 5.95. The van der Waals surface area contributed by atoms with Crippen molar-refractivity contribution in [2.75, 3.05) is 5.32 Å². The third-order valence-electron chi connectivity index (χ3n) is 1.70. The highest BCUT2D eigenvalue weighted by molar-refractivity contribution is 7.80. The number of nitrogens with one attached hydrogen (secondary N) is 1. The summed E-state index contributed by atoms with van der Waals surface area (Å²) in [5, 5.41) is 3.49. The number of aromatic nitrogens is 3. The second-order valence-electron chi connectivity index (χ2n) is 4.01. The molecule has 0 aliphatic rings. The van der Waals surface area contributed by atoms with Crippen molar-refractivity contribution in [2.24, 2.45) is 34.4 Å². The fourth-order valence-corrected chi connectivity index (χ4v) is 1.61. The summed E-state index contributed by atoms with van der Waals surface area (Å²) in [5.41, 5.74) is 28.4. The van der Waals surface area contributed by atoms with Crippen LogP contribution >= 0.6 is 71.5 Å². The van der Waals surface area contributed by atoms with Crippen molar-refractivity contribution in [1.29, 1.82) is 0 Å². The Morgan fingerprint density at radius 3 is 1.43 bits per heavy atom. The molecule has 0 spiro atoms. The van der Waals surface area contributed by atoms with Gasteiger partial charge in [0.15, 0.2) is 15.3 Å². The molecule has 0 bridgehead atoms. The van der Waals surface area contributed by atoms with Gasteiger partial charge in [-0.15, -0.1) is 0 Å². The number of nitrogens with zero attached hydrogens (tertiary/aromatic N) is 3. The molecule has 0 saturated heterocycles. The van der Waals surface area contributed by atoms with Crippen molar-refractivity contribution in [1.82, 2.24) is 15.0 Å². The zero-order chi connectivity index (χ0) is 22.3. The van der Waals surface area contributed by atoms with E-state index in [-0.39, 0.29) is 31.9 Å². The molecule has 1 aromatic carbocycles. The highest BCUT2D eigenvalue weighted by Gasteiger charge is 2.05. The summed E-state index contributed by atoms with van der Waals surface area (Å²) in [7, 11) is 0. The van der Waals surface area contributed by atoms with Gasteiger partial charge < -0.3 is 39.7 Å². The SMILES string of the molecule is Clc1nc(Cl)nc(Nc2ccccc2Cl)n1.NC(N)=S.NC(N)=S.NC(N)=S. The van der Waals surface area contributed by atoms with Crippen LogP contribution in [0.2, 0.25) is 15.6 Å². The number of benzene rings is 1. The monoisotopic (exact) mass is 502 g/mol. The van der Waals surface area contributed by atoms with E-state index in [0.717, 1.165) is 0 Å². The third kappa shape index (κ3) is 20.3. The zero-order valence-electron chi connectivity index (χ0n) is 14.0. The van der Waals surface area contributed by atoms with Crippen molar-refractivity contribution in [3.05, 3.63) is 39.9 Å². The Morgan fingerprint density at radius 1 is 0.714 bits per heavy atom. The Balaban J connectivity index is 0.